The number of amides is 1. The minimum atomic E-state index is -4.01. The molecule has 0 aromatic heterocycles. The topological polar surface area (TPSA) is 75.7 Å². The van der Waals surface area contributed by atoms with Crippen molar-refractivity contribution in [3.63, 3.8) is 0 Å². The van der Waals surface area contributed by atoms with Gasteiger partial charge in [-0.2, -0.15) is 4.31 Å². The van der Waals surface area contributed by atoms with Crippen molar-refractivity contribution in [1.29, 1.82) is 0 Å². The Hall–Kier alpha value is -2.29. The van der Waals surface area contributed by atoms with E-state index >= 15 is 0 Å². The Morgan fingerprint density at radius 1 is 1.07 bits per heavy atom. The highest BCUT2D eigenvalue weighted by Crippen LogP contribution is 2.49. The van der Waals surface area contributed by atoms with Crippen molar-refractivity contribution in [2.45, 2.75) is 37.0 Å². The van der Waals surface area contributed by atoms with E-state index in [1.807, 2.05) is 26.0 Å². The average molecular weight is 433 g/mol. The number of halogens is 1. The van der Waals surface area contributed by atoms with Crippen molar-refractivity contribution in [2.24, 2.45) is 0 Å². The molecule has 1 saturated heterocycles. The first kappa shape index (κ1) is 21.0. The van der Waals surface area contributed by atoms with E-state index in [1.54, 1.807) is 0 Å². The van der Waals surface area contributed by atoms with E-state index in [0.29, 0.717) is 0 Å². The van der Waals surface area contributed by atoms with Crippen molar-refractivity contribution < 1.29 is 22.3 Å². The Morgan fingerprint density at radius 3 is 2.30 bits per heavy atom. The Morgan fingerprint density at radius 2 is 1.70 bits per heavy atom. The first-order valence-corrected chi connectivity index (χ1v) is 11.4. The Labute approximate surface area is 176 Å². The van der Waals surface area contributed by atoms with Gasteiger partial charge < -0.3 is 10.1 Å². The Bertz CT molecular complexity index is 1070. The average Bonchev–Trinajstić information content (AvgIpc) is 3.51. The largest absolute Gasteiger partial charge is 0.379 e. The summed E-state index contributed by atoms with van der Waals surface area (Å²) >= 11 is 0. The van der Waals surface area contributed by atoms with Gasteiger partial charge in [-0.1, -0.05) is 29.3 Å². The number of anilines is 1. The van der Waals surface area contributed by atoms with Gasteiger partial charge in [0.15, 0.2) is 0 Å². The molecule has 1 N–H and O–H groups in total. The predicted octanol–water partition coefficient (Wildman–Crippen LogP) is 3.13. The molecule has 1 saturated carbocycles. The zero-order valence-corrected chi connectivity index (χ0v) is 17.9. The van der Waals surface area contributed by atoms with Crippen molar-refractivity contribution in [1.82, 2.24) is 4.31 Å². The van der Waals surface area contributed by atoms with Crippen LogP contribution in [0.1, 0.15) is 29.5 Å². The van der Waals surface area contributed by atoms with Gasteiger partial charge in [-0.3, -0.25) is 4.79 Å². The first-order chi connectivity index (χ1) is 14.2. The molecule has 2 aromatic carbocycles. The van der Waals surface area contributed by atoms with E-state index in [4.69, 9.17) is 4.74 Å². The number of sulfonamides is 1. The number of carbonyl (C=O) groups excluding carboxylic acids is 1. The summed E-state index contributed by atoms with van der Waals surface area (Å²) in [5.41, 5.74) is 2.79. The summed E-state index contributed by atoms with van der Waals surface area (Å²) in [6.07, 6.45) is 1.45. The maximum absolute atomic E-state index is 14.4. The van der Waals surface area contributed by atoms with Gasteiger partial charge in [0.25, 0.3) is 0 Å². The Kier molecular flexibility index (Phi) is 5.42. The normalized spacial score (nSPS) is 18.8. The monoisotopic (exact) mass is 432 g/mol. The van der Waals surface area contributed by atoms with Crippen LogP contribution in [0.15, 0.2) is 41.3 Å². The maximum atomic E-state index is 14.4. The second-order valence-electron chi connectivity index (χ2n) is 8.07. The molecule has 2 fully saturated rings. The fourth-order valence-corrected chi connectivity index (χ4v) is 5.48. The van der Waals surface area contributed by atoms with Crippen LogP contribution in [-0.2, 0) is 25.0 Å². The van der Waals surface area contributed by atoms with Gasteiger partial charge in [0.1, 0.15) is 10.7 Å². The second kappa shape index (κ2) is 7.76. The molecule has 4 rings (SSSR count). The van der Waals surface area contributed by atoms with Crippen molar-refractivity contribution >= 4 is 21.6 Å². The molecular formula is C22H25FN2O4S. The number of ether oxygens (including phenoxy) is 1. The molecule has 2 aromatic rings. The van der Waals surface area contributed by atoms with E-state index in [0.717, 1.165) is 35.6 Å². The van der Waals surface area contributed by atoms with Crippen LogP contribution in [0.25, 0.3) is 0 Å². The molecular weight excluding hydrogens is 407 g/mol. The predicted molar refractivity (Wildman–Crippen MR) is 111 cm³/mol. The Balaban J connectivity index is 1.60. The van der Waals surface area contributed by atoms with Crippen LogP contribution in [0.3, 0.4) is 0 Å². The van der Waals surface area contributed by atoms with Gasteiger partial charge in [-0.15, -0.1) is 0 Å². The van der Waals surface area contributed by atoms with Gasteiger partial charge >= 0.3 is 0 Å². The van der Waals surface area contributed by atoms with Crippen molar-refractivity contribution in [3.8, 4) is 0 Å². The number of aryl methyl sites for hydroxylation is 2. The number of hydrogen-bond acceptors (Lipinski definition) is 4. The second-order valence-corrected chi connectivity index (χ2v) is 9.98. The van der Waals surface area contributed by atoms with Crippen LogP contribution < -0.4 is 5.32 Å². The molecule has 160 valence electrons. The fourth-order valence-electron chi connectivity index (χ4n) is 3.98. The maximum Gasteiger partial charge on any atom is 0.246 e. The molecule has 0 atom stereocenters. The minimum absolute atomic E-state index is 0.175. The van der Waals surface area contributed by atoms with Crippen LogP contribution >= 0.6 is 0 Å². The van der Waals surface area contributed by atoms with Gasteiger partial charge in [-0.25, -0.2) is 12.8 Å². The highest BCUT2D eigenvalue weighted by Gasteiger charge is 2.51. The SMILES string of the molecule is Cc1cc(C)cc(C2(C(=O)Nc3ccc(F)c(S(=O)(=O)N4CCOCC4)c3)CC2)c1. The van der Waals surface area contributed by atoms with E-state index in [2.05, 4.69) is 11.4 Å². The third-order valence-corrected chi connectivity index (χ3v) is 7.65. The fraction of sp³-hybridized carbons (Fsp3) is 0.409. The van der Waals surface area contributed by atoms with E-state index in [1.165, 1.54) is 16.4 Å². The van der Waals surface area contributed by atoms with Crippen LogP contribution in [0.4, 0.5) is 10.1 Å². The molecule has 2 aliphatic rings. The minimum Gasteiger partial charge on any atom is -0.379 e. The van der Waals surface area contributed by atoms with Crippen LogP contribution in [-0.4, -0.2) is 44.9 Å². The van der Waals surface area contributed by atoms with E-state index < -0.39 is 26.2 Å². The van der Waals surface area contributed by atoms with Crippen LogP contribution in [0, 0.1) is 19.7 Å². The molecule has 1 amide bonds. The number of morpholine rings is 1. The van der Waals surface area contributed by atoms with E-state index in [-0.39, 0.29) is 37.9 Å². The smallest absolute Gasteiger partial charge is 0.246 e. The lowest BCUT2D eigenvalue weighted by molar-refractivity contribution is -0.118. The molecule has 30 heavy (non-hydrogen) atoms. The zero-order chi connectivity index (χ0) is 21.5. The highest BCUT2D eigenvalue weighted by atomic mass is 32.2. The van der Waals surface area contributed by atoms with Gasteiger partial charge in [-0.05, 0) is 50.5 Å². The lowest BCUT2D eigenvalue weighted by Crippen LogP contribution is -2.41. The molecule has 1 aliphatic heterocycles. The molecule has 1 heterocycles. The molecule has 6 nitrogen and oxygen atoms in total. The summed E-state index contributed by atoms with van der Waals surface area (Å²) in [4.78, 5) is 12.7. The molecule has 0 bridgehead atoms. The molecule has 0 spiro atoms. The summed E-state index contributed by atoms with van der Waals surface area (Å²) in [6.45, 7) is 4.88. The molecule has 8 heteroatoms. The summed E-state index contributed by atoms with van der Waals surface area (Å²) in [6, 6.07) is 9.76. The molecule has 0 radical (unpaired) electrons. The highest BCUT2D eigenvalue weighted by molar-refractivity contribution is 7.89. The number of hydrogen-bond donors (Lipinski definition) is 1. The summed E-state index contributed by atoms with van der Waals surface area (Å²) in [5, 5.41) is 2.81. The number of nitrogens with one attached hydrogen (secondary N) is 1. The lowest BCUT2D eigenvalue weighted by Gasteiger charge is -2.26. The molecule has 0 unspecified atom stereocenters. The van der Waals surface area contributed by atoms with Crippen molar-refractivity contribution in [2.75, 3.05) is 31.6 Å². The lowest BCUT2D eigenvalue weighted by atomic mass is 9.92. The first-order valence-electron chi connectivity index (χ1n) is 10.0. The number of rotatable bonds is 5. The molecule has 1 aliphatic carbocycles. The third kappa shape index (κ3) is 3.87. The van der Waals surface area contributed by atoms with Gasteiger partial charge in [0, 0.05) is 18.8 Å². The zero-order valence-electron chi connectivity index (χ0n) is 17.1. The summed E-state index contributed by atoms with van der Waals surface area (Å²) < 4.78 is 46.5. The van der Waals surface area contributed by atoms with Gasteiger partial charge in [0.05, 0.1) is 18.6 Å². The van der Waals surface area contributed by atoms with Crippen LogP contribution in [0.5, 0.6) is 0 Å². The summed E-state index contributed by atoms with van der Waals surface area (Å²) in [5.74, 6) is -1.04. The van der Waals surface area contributed by atoms with Crippen molar-refractivity contribution in [3.05, 3.63) is 58.9 Å². The van der Waals surface area contributed by atoms with Crippen LogP contribution in [0.2, 0.25) is 0 Å². The number of nitrogens with zero attached hydrogens (tertiary/aromatic N) is 1. The quantitative estimate of drug-likeness (QED) is 0.788. The van der Waals surface area contributed by atoms with Gasteiger partial charge in [0.2, 0.25) is 15.9 Å². The van der Waals surface area contributed by atoms with E-state index in [9.17, 15) is 17.6 Å². The standard InChI is InChI=1S/C22H25FN2O4S/c1-15-11-16(2)13-17(12-15)22(5-6-22)21(26)24-18-3-4-19(23)20(14-18)30(27,28)25-7-9-29-10-8-25/h3-4,11-14H,5-10H2,1-2H3,(H,24,26). The number of carbonyl (C=O) groups is 1. The number of benzene rings is 2. The third-order valence-electron chi connectivity index (χ3n) is 5.74. The summed E-state index contributed by atoms with van der Waals surface area (Å²) in [7, 11) is -4.01.